The van der Waals surface area contributed by atoms with Gasteiger partial charge >= 0.3 is 0 Å². The van der Waals surface area contributed by atoms with E-state index in [0.29, 0.717) is 11.3 Å². The van der Waals surface area contributed by atoms with Crippen molar-refractivity contribution in [1.82, 2.24) is 10.2 Å². The summed E-state index contributed by atoms with van der Waals surface area (Å²) in [5.74, 6) is -0.362. The number of hydrogen-bond donors (Lipinski definition) is 3. The van der Waals surface area contributed by atoms with Gasteiger partial charge < -0.3 is 10.4 Å². The Morgan fingerprint density at radius 1 is 1.38 bits per heavy atom. The van der Waals surface area contributed by atoms with Crippen LogP contribution in [0, 0.1) is 0 Å². The van der Waals surface area contributed by atoms with E-state index >= 15 is 0 Å². The number of carbonyl (C=O) groups is 1. The number of hydrogen-bond acceptors (Lipinski definition) is 7. The third-order valence-corrected chi connectivity index (χ3v) is 4.87. The van der Waals surface area contributed by atoms with Crippen LogP contribution in [0.3, 0.4) is 0 Å². The second kappa shape index (κ2) is 6.16. The molecule has 8 nitrogen and oxygen atoms in total. The smallest absolute Gasteiger partial charge is 0.291 e. The molecule has 0 aliphatic rings. The number of aliphatic hydroxyl groups excluding tert-OH is 1. The number of sulfonamides is 1. The molecule has 3 N–H and O–H groups in total. The summed E-state index contributed by atoms with van der Waals surface area (Å²) in [4.78, 5) is 10.9. The largest absolute Gasteiger partial charge is 0.392 e. The first kappa shape index (κ1) is 15.4. The van der Waals surface area contributed by atoms with Gasteiger partial charge in [0.25, 0.3) is 14.4 Å². The van der Waals surface area contributed by atoms with E-state index < -0.39 is 10.0 Å². The number of rotatable bonds is 5. The van der Waals surface area contributed by atoms with Crippen molar-refractivity contribution in [3.8, 4) is 0 Å². The molecule has 1 aromatic heterocycles. The maximum Gasteiger partial charge on any atom is 0.291 e. The molecular formula is C11H12N4O4S2. The Morgan fingerprint density at radius 3 is 2.81 bits per heavy atom. The first-order valence-corrected chi connectivity index (χ1v) is 8.04. The van der Waals surface area contributed by atoms with Crippen molar-refractivity contribution in [2.45, 2.75) is 17.9 Å². The maximum atomic E-state index is 12.1. The molecule has 0 aliphatic heterocycles. The van der Waals surface area contributed by atoms with Gasteiger partial charge in [0.2, 0.25) is 11.0 Å². The second-order valence-electron chi connectivity index (χ2n) is 4.02. The highest BCUT2D eigenvalue weighted by molar-refractivity contribution is 7.94. The molecule has 0 aliphatic carbocycles. The van der Waals surface area contributed by atoms with Gasteiger partial charge in [-0.05, 0) is 17.7 Å². The van der Waals surface area contributed by atoms with Gasteiger partial charge in [0.05, 0.1) is 6.61 Å². The monoisotopic (exact) mass is 328 g/mol. The van der Waals surface area contributed by atoms with Gasteiger partial charge in [0, 0.05) is 12.6 Å². The SMILES string of the molecule is CC(=O)Nc1nnc(S(=O)(=O)Nc2cccc(CO)c2)s1. The van der Waals surface area contributed by atoms with Gasteiger partial charge in [-0.25, -0.2) is 0 Å². The van der Waals surface area contributed by atoms with E-state index in [2.05, 4.69) is 20.2 Å². The molecule has 10 heteroatoms. The zero-order valence-corrected chi connectivity index (χ0v) is 12.5. The molecule has 1 aromatic carbocycles. The van der Waals surface area contributed by atoms with Crippen molar-refractivity contribution >= 4 is 38.1 Å². The zero-order chi connectivity index (χ0) is 15.5. The van der Waals surface area contributed by atoms with Gasteiger partial charge in [0.15, 0.2) is 0 Å². The van der Waals surface area contributed by atoms with Crippen molar-refractivity contribution < 1.29 is 18.3 Å². The molecule has 112 valence electrons. The van der Waals surface area contributed by atoms with Crippen LogP contribution in [0.5, 0.6) is 0 Å². The Hall–Kier alpha value is -2.04. The molecule has 0 saturated heterocycles. The van der Waals surface area contributed by atoms with Crippen molar-refractivity contribution in [3.05, 3.63) is 29.8 Å². The number of amides is 1. The number of carbonyl (C=O) groups excluding carboxylic acids is 1. The Balaban J connectivity index is 2.21. The maximum absolute atomic E-state index is 12.1. The van der Waals surface area contributed by atoms with Crippen molar-refractivity contribution in [2.24, 2.45) is 0 Å². The Morgan fingerprint density at radius 2 is 2.14 bits per heavy atom. The number of benzene rings is 1. The van der Waals surface area contributed by atoms with Gasteiger partial charge in [-0.1, -0.05) is 23.5 Å². The third kappa shape index (κ3) is 3.97. The topological polar surface area (TPSA) is 121 Å². The highest BCUT2D eigenvalue weighted by atomic mass is 32.2. The minimum atomic E-state index is -3.89. The summed E-state index contributed by atoms with van der Waals surface area (Å²) in [6.45, 7) is 1.09. The van der Waals surface area contributed by atoms with Crippen molar-refractivity contribution in [3.63, 3.8) is 0 Å². The van der Waals surface area contributed by atoms with Crippen LogP contribution in [-0.4, -0.2) is 29.6 Å². The molecule has 2 rings (SSSR count). The molecule has 0 atom stereocenters. The predicted octanol–water partition coefficient (Wildman–Crippen LogP) is 0.790. The molecule has 0 unspecified atom stereocenters. The first-order chi connectivity index (χ1) is 9.90. The van der Waals surface area contributed by atoms with Gasteiger partial charge in [-0.3, -0.25) is 9.52 Å². The van der Waals surface area contributed by atoms with Crippen LogP contribution in [0.25, 0.3) is 0 Å². The normalized spacial score (nSPS) is 11.1. The molecule has 0 bridgehead atoms. The Bertz CT molecular complexity index is 757. The summed E-state index contributed by atoms with van der Waals surface area (Å²) < 4.78 is 26.3. The molecular weight excluding hydrogens is 316 g/mol. The quantitative estimate of drug-likeness (QED) is 0.698. The fourth-order valence-corrected chi connectivity index (χ4v) is 3.45. The number of anilines is 2. The lowest BCUT2D eigenvalue weighted by atomic mass is 10.2. The number of nitrogens with one attached hydrogen (secondary N) is 2. The molecule has 0 spiro atoms. The summed E-state index contributed by atoms with van der Waals surface area (Å²) in [6, 6.07) is 6.34. The molecule has 1 heterocycles. The molecule has 0 fully saturated rings. The van der Waals surface area contributed by atoms with E-state index in [0.717, 1.165) is 11.3 Å². The lowest BCUT2D eigenvalue weighted by Crippen LogP contribution is -2.12. The highest BCUT2D eigenvalue weighted by Crippen LogP contribution is 2.22. The van der Waals surface area contributed by atoms with E-state index in [1.165, 1.54) is 13.0 Å². The van der Waals surface area contributed by atoms with E-state index in [4.69, 9.17) is 5.11 Å². The van der Waals surface area contributed by atoms with Gasteiger partial charge in [-0.15, -0.1) is 10.2 Å². The van der Waals surface area contributed by atoms with Crippen LogP contribution in [0.4, 0.5) is 10.8 Å². The number of aromatic nitrogens is 2. The van der Waals surface area contributed by atoms with E-state index in [9.17, 15) is 13.2 Å². The Kier molecular flexibility index (Phi) is 4.50. The average Bonchev–Trinajstić information content (AvgIpc) is 2.87. The summed E-state index contributed by atoms with van der Waals surface area (Å²) in [5.41, 5.74) is 0.879. The van der Waals surface area contributed by atoms with Crippen molar-refractivity contribution in [1.29, 1.82) is 0 Å². The first-order valence-electron chi connectivity index (χ1n) is 5.74. The minimum Gasteiger partial charge on any atom is -0.392 e. The summed E-state index contributed by atoms with van der Waals surface area (Å²) in [7, 11) is -3.89. The van der Waals surface area contributed by atoms with Crippen LogP contribution >= 0.6 is 11.3 Å². The van der Waals surface area contributed by atoms with Gasteiger partial charge in [0.1, 0.15) is 0 Å². The third-order valence-electron chi connectivity index (χ3n) is 2.28. The van der Waals surface area contributed by atoms with Crippen LogP contribution in [0.15, 0.2) is 28.6 Å². The van der Waals surface area contributed by atoms with Crippen LogP contribution in [-0.2, 0) is 21.4 Å². The fourth-order valence-electron chi connectivity index (χ4n) is 1.45. The number of nitrogens with zero attached hydrogens (tertiary/aromatic N) is 2. The standard InChI is InChI=1S/C11H12N4O4S2/c1-7(17)12-10-13-14-11(20-10)21(18,19)15-9-4-2-3-8(5-9)6-16/h2-5,15-16H,6H2,1H3,(H,12,13,17). The van der Waals surface area contributed by atoms with Crippen LogP contribution in [0.1, 0.15) is 12.5 Å². The highest BCUT2D eigenvalue weighted by Gasteiger charge is 2.20. The van der Waals surface area contributed by atoms with E-state index in [1.54, 1.807) is 18.2 Å². The molecule has 21 heavy (non-hydrogen) atoms. The lowest BCUT2D eigenvalue weighted by Gasteiger charge is -2.06. The zero-order valence-electron chi connectivity index (χ0n) is 10.9. The predicted molar refractivity (Wildman–Crippen MR) is 77.4 cm³/mol. The van der Waals surface area contributed by atoms with Crippen molar-refractivity contribution in [2.75, 3.05) is 10.0 Å². The second-order valence-corrected chi connectivity index (χ2v) is 6.85. The van der Waals surface area contributed by atoms with E-state index in [1.807, 2.05) is 0 Å². The minimum absolute atomic E-state index is 0.104. The van der Waals surface area contributed by atoms with Crippen LogP contribution in [0.2, 0.25) is 0 Å². The van der Waals surface area contributed by atoms with Crippen LogP contribution < -0.4 is 10.0 Å². The van der Waals surface area contributed by atoms with Gasteiger partial charge in [-0.2, -0.15) is 8.42 Å². The molecule has 1 amide bonds. The average molecular weight is 328 g/mol. The number of aliphatic hydroxyl groups is 1. The molecule has 0 radical (unpaired) electrons. The summed E-state index contributed by atoms with van der Waals surface area (Å²) in [5, 5.41) is 18.6. The summed E-state index contributed by atoms with van der Waals surface area (Å²) in [6.07, 6.45) is 0. The molecule has 2 aromatic rings. The summed E-state index contributed by atoms with van der Waals surface area (Å²) >= 11 is 0.743. The lowest BCUT2D eigenvalue weighted by molar-refractivity contribution is -0.114. The Labute approximate surface area is 124 Å². The van der Waals surface area contributed by atoms with E-state index in [-0.39, 0.29) is 22.0 Å². The fraction of sp³-hybridized carbons (Fsp3) is 0.182. The molecule has 0 saturated carbocycles.